The zero-order valence-corrected chi connectivity index (χ0v) is 14.3. The van der Waals surface area contributed by atoms with Crippen LogP contribution in [0.4, 0.5) is 5.69 Å². The smallest absolute Gasteiger partial charge is 0.142 e. The van der Waals surface area contributed by atoms with Gasteiger partial charge in [-0.15, -0.1) is 0 Å². The Morgan fingerprint density at radius 3 is 2.70 bits per heavy atom. The van der Waals surface area contributed by atoms with Crippen LogP contribution >= 0.6 is 0 Å². The number of ether oxygens (including phenoxy) is 2. The zero-order valence-electron chi connectivity index (χ0n) is 14.3. The van der Waals surface area contributed by atoms with Gasteiger partial charge in [0, 0.05) is 0 Å². The molecule has 1 unspecified atom stereocenters. The number of anilines is 1. The van der Waals surface area contributed by atoms with Crippen LogP contribution in [0.25, 0.3) is 0 Å². The first-order chi connectivity index (χ1) is 11.2. The average Bonchev–Trinajstić information content (AvgIpc) is 2.54. The van der Waals surface area contributed by atoms with Gasteiger partial charge in [0.15, 0.2) is 0 Å². The molecule has 0 amide bonds. The van der Waals surface area contributed by atoms with Crippen molar-refractivity contribution in [3.8, 4) is 11.5 Å². The minimum Gasteiger partial charge on any atom is -0.491 e. The van der Waals surface area contributed by atoms with Gasteiger partial charge in [0.2, 0.25) is 0 Å². The fraction of sp³-hybridized carbons (Fsp3) is 0.400. The molecule has 124 valence electrons. The molecule has 3 heteroatoms. The summed E-state index contributed by atoms with van der Waals surface area (Å²) < 4.78 is 11.8. The lowest BCUT2D eigenvalue weighted by Gasteiger charge is -2.18. The molecule has 2 aromatic carbocycles. The molecular weight excluding hydrogens is 286 g/mol. The Kier molecular flexibility index (Phi) is 6.79. The molecule has 0 aliphatic rings. The summed E-state index contributed by atoms with van der Waals surface area (Å²) in [6, 6.07) is 16.2. The lowest BCUT2D eigenvalue weighted by molar-refractivity contribution is 0.234. The van der Waals surface area contributed by atoms with Crippen molar-refractivity contribution in [2.75, 3.05) is 18.5 Å². The molecule has 1 atom stereocenters. The van der Waals surface area contributed by atoms with E-state index in [1.807, 2.05) is 36.4 Å². The second kappa shape index (κ2) is 9.09. The summed E-state index contributed by atoms with van der Waals surface area (Å²) in [5.41, 5.74) is 2.22. The van der Waals surface area contributed by atoms with Crippen molar-refractivity contribution in [3.05, 3.63) is 54.1 Å². The Balaban J connectivity index is 1.87. The van der Waals surface area contributed by atoms with E-state index >= 15 is 0 Å². The lowest BCUT2D eigenvalue weighted by Crippen LogP contribution is -2.23. The van der Waals surface area contributed by atoms with Gasteiger partial charge in [-0.05, 0) is 50.1 Å². The van der Waals surface area contributed by atoms with Crippen LogP contribution in [-0.4, -0.2) is 19.3 Å². The van der Waals surface area contributed by atoms with Gasteiger partial charge < -0.3 is 14.8 Å². The maximum atomic E-state index is 5.95. The third kappa shape index (κ3) is 5.85. The molecule has 0 fully saturated rings. The number of benzene rings is 2. The number of aryl methyl sites for hydroxylation is 1. The number of hydrogen-bond acceptors (Lipinski definition) is 3. The van der Waals surface area contributed by atoms with Gasteiger partial charge in [-0.2, -0.15) is 0 Å². The number of para-hydroxylation sites is 2. The monoisotopic (exact) mass is 313 g/mol. The highest BCUT2D eigenvalue weighted by Crippen LogP contribution is 2.24. The zero-order chi connectivity index (χ0) is 16.5. The van der Waals surface area contributed by atoms with Gasteiger partial charge in [-0.3, -0.25) is 0 Å². The van der Waals surface area contributed by atoms with Crippen LogP contribution in [0, 0.1) is 6.92 Å². The van der Waals surface area contributed by atoms with Crippen molar-refractivity contribution in [3.63, 3.8) is 0 Å². The Morgan fingerprint density at radius 2 is 1.91 bits per heavy atom. The predicted molar refractivity (Wildman–Crippen MR) is 96.6 cm³/mol. The largest absolute Gasteiger partial charge is 0.491 e. The van der Waals surface area contributed by atoms with Crippen molar-refractivity contribution < 1.29 is 9.47 Å². The van der Waals surface area contributed by atoms with E-state index in [2.05, 4.69) is 38.2 Å². The second-order valence-corrected chi connectivity index (χ2v) is 5.82. The molecule has 0 aliphatic heterocycles. The van der Waals surface area contributed by atoms with E-state index in [9.17, 15) is 0 Å². The summed E-state index contributed by atoms with van der Waals surface area (Å²) in [6.45, 7) is 7.78. The van der Waals surface area contributed by atoms with Crippen LogP contribution in [0.15, 0.2) is 48.5 Å². The quantitative estimate of drug-likeness (QED) is 0.657. The van der Waals surface area contributed by atoms with E-state index in [1.165, 1.54) is 5.56 Å². The second-order valence-electron chi connectivity index (χ2n) is 5.82. The lowest BCUT2D eigenvalue weighted by atomic mass is 10.2. The molecule has 23 heavy (non-hydrogen) atoms. The van der Waals surface area contributed by atoms with Gasteiger partial charge in [0.1, 0.15) is 17.6 Å². The van der Waals surface area contributed by atoms with E-state index in [0.29, 0.717) is 0 Å². The summed E-state index contributed by atoms with van der Waals surface area (Å²) in [5.74, 6) is 1.82. The summed E-state index contributed by atoms with van der Waals surface area (Å²) in [7, 11) is 0. The van der Waals surface area contributed by atoms with Gasteiger partial charge in [0.25, 0.3) is 0 Å². The number of rotatable bonds is 9. The van der Waals surface area contributed by atoms with Crippen LogP contribution < -0.4 is 14.8 Å². The van der Waals surface area contributed by atoms with E-state index in [1.54, 1.807) is 0 Å². The minimum atomic E-state index is 0.0699. The first-order valence-corrected chi connectivity index (χ1v) is 8.38. The molecule has 0 aliphatic carbocycles. The van der Waals surface area contributed by atoms with Crippen LogP contribution in [0.2, 0.25) is 0 Å². The van der Waals surface area contributed by atoms with Crippen LogP contribution in [0.5, 0.6) is 11.5 Å². The van der Waals surface area contributed by atoms with Gasteiger partial charge in [-0.25, -0.2) is 0 Å². The average molecular weight is 313 g/mol. The SMILES string of the molecule is CCCCOc1ccccc1NCC(C)Oc1cccc(C)c1. The number of hydrogen-bond donors (Lipinski definition) is 1. The fourth-order valence-corrected chi connectivity index (χ4v) is 2.28. The van der Waals surface area contributed by atoms with Crippen molar-refractivity contribution in [1.29, 1.82) is 0 Å². The standard InChI is InChI=1S/C20H27NO2/c1-4-5-13-22-20-12-7-6-11-19(20)21-15-17(3)23-18-10-8-9-16(2)14-18/h6-12,14,17,21H,4-5,13,15H2,1-3H3. The third-order valence-corrected chi connectivity index (χ3v) is 3.55. The highest BCUT2D eigenvalue weighted by atomic mass is 16.5. The van der Waals surface area contributed by atoms with Crippen LogP contribution in [-0.2, 0) is 0 Å². The summed E-state index contributed by atoms with van der Waals surface area (Å²) >= 11 is 0. The van der Waals surface area contributed by atoms with Crippen molar-refractivity contribution >= 4 is 5.69 Å². The van der Waals surface area contributed by atoms with Gasteiger partial charge >= 0.3 is 0 Å². The van der Waals surface area contributed by atoms with Crippen LogP contribution in [0.3, 0.4) is 0 Å². The summed E-state index contributed by atoms with van der Waals surface area (Å²) in [6.07, 6.45) is 2.28. The van der Waals surface area contributed by atoms with Crippen molar-refractivity contribution in [2.24, 2.45) is 0 Å². The Bertz CT molecular complexity index is 598. The van der Waals surface area contributed by atoms with Crippen molar-refractivity contribution in [2.45, 2.75) is 39.7 Å². The molecule has 0 saturated heterocycles. The van der Waals surface area contributed by atoms with E-state index in [4.69, 9.17) is 9.47 Å². The van der Waals surface area contributed by atoms with Gasteiger partial charge in [0.05, 0.1) is 18.8 Å². The molecule has 0 radical (unpaired) electrons. The fourth-order valence-electron chi connectivity index (χ4n) is 2.28. The molecule has 0 bridgehead atoms. The topological polar surface area (TPSA) is 30.5 Å². The number of unbranched alkanes of at least 4 members (excludes halogenated alkanes) is 1. The van der Waals surface area contributed by atoms with E-state index in [-0.39, 0.29) is 6.10 Å². The van der Waals surface area contributed by atoms with Gasteiger partial charge in [-0.1, -0.05) is 37.6 Å². The molecule has 0 saturated carbocycles. The molecular formula is C20H27NO2. The molecule has 0 heterocycles. The van der Waals surface area contributed by atoms with Crippen LogP contribution in [0.1, 0.15) is 32.3 Å². The highest BCUT2D eigenvalue weighted by molar-refractivity contribution is 5.56. The molecule has 2 rings (SSSR count). The molecule has 0 spiro atoms. The maximum Gasteiger partial charge on any atom is 0.142 e. The van der Waals surface area contributed by atoms with E-state index in [0.717, 1.165) is 43.2 Å². The molecule has 0 aromatic heterocycles. The maximum absolute atomic E-state index is 5.95. The number of nitrogens with one attached hydrogen (secondary N) is 1. The Hall–Kier alpha value is -2.16. The summed E-state index contributed by atoms with van der Waals surface area (Å²) in [4.78, 5) is 0. The first-order valence-electron chi connectivity index (χ1n) is 8.38. The summed E-state index contributed by atoms with van der Waals surface area (Å²) in [5, 5.41) is 3.42. The molecule has 3 nitrogen and oxygen atoms in total. The Labute approximate surface area is 139 Å². The first kappa shape index (κ1) is 17.2. The minimum absolute atomic E-state index is 0.0699. The molecule has 2 aromatic rings. The van der Waals surface area contributed by atoms with E-state index < -0.39 is 0 Å². The highest BCUT2D eigenvalue weighted by Gasteiger charge is 2.07. The third-order valence-electron chi connectivity index (χ3n) is 3.55. The predicted octanol–water partition coefficient (Wildman–Crippen LogP) is 5.05. The Morgan fingerprint density at radius 1 is 1.09 bits per heavy atom. The normalized spacial score (nSPS) is 11.8. The molecule has 1 N–H and O–H groups in total. The van der Waals surface area contributed by atoms with Crippen molar-refractivity contribution in [1.82, 2.24) is 0 Å².